The second-order valence-corrected chi connectivity index (χ2v) is 5.34. The van der Waals surface area contributed by atoms with Crippen LogP contribution in [0.1, 0.15) is 46.0 Å². The molecule has 2 aliphatic rings. The van der Waals surface area contributed by atoms with Crippen molar-refractivity contribution in [1.29, 1.82) is 0 Å². The molecule has 0 aromatic heterocycles. The average molecular weight is 226 g/mol. The van der Waals surface area contributed by atoms with Crippen LogP contribution < -0.4 is 5.32 Å². The third-order valence-electron chi connectivity index (χ3n) is 4.38. The Labute approximate surface area is 99.2 Å². The molecule has 2 fully saturated rings. The molecule has 1 heterocycles. The molecule has 0 aromatic carbocycles. The Kier molecular flexibility index (Phi) is 4.22. The van der Waals surface area contributed by atoms with Gasteiger partial charge >= 0.3 is 0 Å². The van der Waals surface area contributed by atoms with Crippen LogP contribution >= 0.6 is 0 Å². The standard InChI is InChI=1S/C13H26N2O/c1-3-10-9-15(11(4-2)8-14-10)12-6-5-7-13(12)16/h10-14,16H,3-9H2,1-2H3. The Morgan fingerprint density at radius 2 is 2.06 bits per heavy atom. The van der Waals surface area contributed by atoms with Gasteiger partial charge in [0, 0.05) is 31.2 Å². The minimum absolute atomic E-state index is 0.0790. The van der Waals surface area contributed by atoms with Gasteiger partial charge in [-0.05, 0) is 32.1 Å². The zero-order valence-electron chi connectivity index (χ0n) is 10.7. The number of piperazine rings is 1. The molecule has 3 nitrogen and oxygen atoms in total. The molecular weight excluding hydrogens is 200 g/mol. The molecule has 1 aliphatic carbocycles. The number of aliphatic hydroxyl groups is 1. The summed E-state index contributed by atoms with van der Waals surface area (Å²) in [6.45, 7) is 6.72. The van der Waals surface area contributed by atoms with Gasteiger partial charge in [-0.15, -0.1) is 0 Å². The summed E-state index contributed by atoms with van der Waals surface area (Å²) in [5, 5.41) is 13.7. The lowest BCUT2D eigenvalue weighted by Crippen LogP contribution is -2.60. The van der Waals surface area contributed by atoms with E-state index in [4.69, 9.17) is 0 Å². The number of hydrogen-bond acceptors (Lipinski definition) is 3. The van der Waals surface area contributed by atoms with E-state index in [1.165, 1.54) is 25.7 Å². The van der Waals surface area contributed by atoms with E-state index in [0.29, 0.717) is 18.1 Å². The molecule has 0 aromatic rings. The summed E-state index contributed by atoms with van der Waals surface area (Å²) in [5.41, 5.74) is 0. The van der Waals surface area contributed by atoms with Gasteiger partial charge in [0.05, 0.1) is 6.10 Å². The van der Waals surface area contributed by atoms with E-state index in [-0.39, 0.29) is 6.10 Å². The molecule has 1 aliphatic heterocycles. The summed E-state index contributed by atoms with van der Waals surface area (Å²) < 4.78 is 0. The van der Waals surface area contributed by atoms with Crippen LogP contribution in [0.5, 0.6) is 0 Å². The van der Waals surface area contributed by atoms with Crippen molar-refractivity contribution in [3.05, 3.63) is 0 Å². The van der Waals surface area contributed by atoms with Gasteiger partial charge in [0.25, 0.3) is 0 Å². The second-order valence-electron chi connectivity index (χ2n) is 5.34. The summed E-state index contributed by atoms with van der Waals surface area (Å²) in [4.78, 5) is 2.59. The predicted octanol–water partition coefficient (Wildman–Crippen LogP) is 1.36. The highest BCUT2D eigenvalue weighted by atomic mass is 16.3. The molecule has 0 amide bonds. The van der Waals surface area contributed by atoms with E-state index in [9.17, 15) is 5.11 Å². The van der Waals surface area contributed by atoms with E-state index >= 15 is 0 Å². The lowest BCUT2D eigenvalue weighted by molar-refractivity contribution is 0.0170. The minimum atomic E-state index is -0.0790. The Balaban J connectivity index is 2.02. The first kappa shape index (κ1) is 12.3. The molecule has 1 saturated heterocycles. The van der Waals surface area contributed by atoms with E-state index in [1.807, 2.05) is 0 Å². The molecule has 0 spiro atoms. The van der Waals surface area contributed by atoms with Gasteiger partial charge < -0.3 is 10.4 Å². The van der Waals surface area contributed by atoms with Crippen LogP contribution in [0.2, 0.25) is 0 Å². The molecule has 3 heteroatoms. The van der Waals surface area contributed by atoms with Crippen LogP contribution in [0.25, 0.3) is 0 Å². The monoisotopic (exact) mass is 226 g/mol. The van der Waals surface area contributed by atoms with Gasteiger partial charge in [0.15, 0.2) is 0 Å². The highest BCUT2D eigenvalue weighted by Gasteiger charge is 2.37. The van der Waals surface area contributed by atoms with Crippen molar-refractivity contribution in [3.63, 3.8) is 0 Å². The number of aliphatic hydroxyl groups excluding tert-OH is 1. The van der Waals surface area contributed by atoms with E-state index in [1.54, 1.807) is 0 Å². The molecule has 0 radical (unpaired) electrons. The van der Waals surface area contributed by atoms with Crippen LogP contribution in [-0.4, -0.2) is 47.3 Å². The lowest BCUT2D eigenvalue weighted by Gasteiger charge is -2.44. The summed E-state index contributed by atoms with van der Waals surface area (Å²) >= 11 is 0. The molecule has 4 atom stereocenters. The summed E-state index contributed by atoms with van der Waals surface area (Å²) in [5.74, 6) is 0. The molecule has 94 valence electrons. The van der Waals surface area contributed by atoms with Gasteiger partial charge in [-0.2, -0.15) is 0 Å². The average Bonchev–Trinajstić information content (AvgIpc) is 2.74. The maximum absolute atomic E-state index is 10.1. The van der Waals surface area contributed by atoms with E-state index in [0.717, 1.165) is 19.5 Å². The van der Waals surface area contributed by atoms with Crippen molar-refractivity contribution in [3.8, 4) is 0 Å². The Hall–Kier alpha value is -0.120. The van der Waals surface area contributed by atoms with Gasteiger partial charge in [-0.1, -0.05) is 13.8 Å². The summed E-state index contributed by atoms with van der Waals surface area (Å²) in [6, 6.07) is 1.68. The molecule has 4 unspecified atom stereocenters. The molecule has 2 N–H and O–H groups in total. The first-order chi connectivity index (χ1) is 7.76. The zero-order valence-corrected chi connectivity index (χ0v) is 10.7. The maximum Gasteiger partial charge on any atom is 0.0695 e. The zero-order chi connectivity index (χ0) is 11.5. The summed E-state index contributed by atoms with van der Waals surface area (Å²) in [6.07, 6.45) is 5.69. The van der Waals surface area contributed by atoms with Crippen LogP contribution in [0.4, 0.5) is 0 Å². The Bertz CT molecular complexity index is 222. The molecule has 0 bridgehead atoms. The van der Waals surface area contributed by atoms with Gasteiger partial charge in [0.2, 0.25) is 0 Å². The maximum atomic E-state index is 10.1. The van der Waals surface area contributed by atoms with Crippen molar-refractivity contribution in [2.45, 2.75) is 70.2 Å². The third-order valence-corrected chi connectivity index (χ3v) is 4.38. The molecule has 16 heavy (non-hydrogen) atoms. The van der Waals surface area contributed by atoms with Crippen LogP contribution in [0, 0.1) is 0 Å². The van der Waals surface area contributed by atoms with Crippen molar-refractivity contribution < 1.29 is 5.11 Å². The van der Waals surface area contributed by atoms with Gasteiger partial charge in [-0.3, -0.25) is 4.90 Å². The predicted molar refractivity (Wildman–Crippen MR) is 66.5 cm³/mol. The van der Waals surface area contributed by atoms with Crippen LogP contribution in [0.3, 0.4) is 0 Å². The highest BCUT2D eigenvalue weighted by molar-refractivity contribution is 4.94. The van der Waals surface area contributed by atoms with Crippen LogP contribution in [-0.2, 0) is 0 Å². The first-order valence-corrected chi connectivity index (χ1v) is 6.93. The largest absolute Gasteiger partial charge is 0.391 e. The Morgan fingerprint density at radius 1 is 1.25 bits per heavy atom. The smallest absolute Gasteiger partial charge is 0.0695 e. The van der Waals surface area contributed by atoms with Crippen LogP contribution in [0.15, 0.2) is 0 Å². The Morgan fingerprint density at radius 3 is 2.62 bits per heavy atom. The molecule has 1 saturated carbocycles. The number of nitrogens with zero attached hydrogens (tertiary/aromatic N) is 1. The van der Waals surface area contributed by atoms with Gasteiger partial charge in [0.1, 0.15) is 0 Å². The first-order valence-electron chi connectivity index (χ1n) is 6.93. The van der Waals surface area contributed by atoms with E-state index < -0.39 is 0 Å². The van der Waals surface area contributed by atoms with Crippen molar-refractivity contribution in [2.75, 3.05) is 13.1 Å². The topological polar surface area (TPSA) is 35.5 Å². The number of hydrogen-bond donors (Lipinski definition) is 2. The fourth-order valence-electron chi connectivity index (χ4n) is 3.25. The molecule has 2 rings (SSSR count). The normalized spacial score (nSPS) is 41.4. The molecular formula is C13H26N2O. The fourth-order valence-corrected chi connectivity index (χ4v) is 3.25. The lowest BCUT2D eigenvalue weighted by atomic mass is 10.0. The van der Waals surface area contributed by atoms with Crippen molar-refractivity contribution >= 4 is 0 Å². The van der Waals surface area contributed by atoms with E-state index in [2.05, 4.69) is 24.1 Å². The third kappa shape index (κ3) is 2.41. The second kappa shape index (κ2) is 5.48. The SMILES string of the molecule is CCC1CN(C2CCCC2O)C(CC)CN1. The highest BCUT2D eigenvalue weighted by Crippen LogP contribution is 2.28. The summed E-state index contributed by atoms with van der Waals surface area (Å²) in [7, 11) is 0. The minimum Gasteiger partial charge on any atom is -0.391 e. The van der Waals surface area contributed by atoms with Crippen molar-refractivity contribution in [1.82, 2.24) is 10.2 Å². The fraction of sp³-hybridized carbons (Fsp3) is 1.00. The quantitative estimate of drug-likeness (QED) is 0.763. The number of nitrogens with one attached hydrogen (secondary N) is 1. The van der Waals surface area contributed by atoms with Gasteiger partial charge in [-0.25, -0.2) is 0 Å². The number of rotatable bonds is 3. The van der Waals surface area contributed by atoms with Crippen molar-refractivity contribution in [2.24, 2.45) is 0 Å².